The summed E-state index contributed by atoms with van der Waals surface area (Å²) in [4.78, 5) is 28.0. The fourth-order valence-corrected chi connectivity index (χ4v) is 3.07. The number of amides is 2. The minimum atomic E-state index is -0.389. The fraction of sp³-hybridized carbons (Fsp3) is 0.409. The van der Waals surface area contributed by atoms with Gasteiger partial charge in [-0.1, -0.05) is 52.8 Å². The van der Waals surface area contributed by atoms with Gasteiger partial charge in [0.25, 0.3) is 0 Å². The van der Waals surface area contributed by atoms with Crippen LogP contribution >= 0.6 is 0 Å². The van der Waals surface area contributed by atoms with Gasteiger partial charge in [0, 0.05) is 23.4 Å². The van der Waals surface area contributed by atoms with Crippen molar-refractivity contribution >= 4 is 33.8 Å². The lowest BCUT2D eigenvalue weighted by Gasteiger charge is -2.23. The lowest BCUT2D eigenvalue weighted by atomic mass is 10.1. The zero-order valence-electron chi connectivity index (χ0n) is 16.8. The normalized spacial score (nSPS) is 16.4. The van der Waals surface area contributed by atoms with Crippen LogP contribution < -0.4 is 5.32 Å². The summed E-state index contributed by atoms with van der Waals surface area (Å²) in [6.07, 6.45) is 2.59. The van der Waals surface area contributed by atoms with Crippen molar-refractivity contribution in [2.45, 2.75) is 53.5 Å². The van der Waals surface area contributed by atoms with Crippen molar-refractivity contribution in [3.63, 3.8) is 0 Å². The van der Waals surface area contributed by atoms with E-state index in [2.05, 4.69) is 31.1 Å². The Morgan fingerprint density at radius 1 is 1.04 bits per heavy atom. The number of piperidine rings is 1. The van der Waals surface area contributed by atoms with E-state index in [9.17, 15) is 9.59 Å². The second-order valence-electron chi connectivity index (χ2n) is 6.96. The molecule has 0 radical (unpaired) electrons. The summed E-state index contributed by atoms with van der Waals surface area (Å²) >= 11 is 0. The van der Waals surface area contributed by atoms with Crippen molar-refractivity contribution in [2.24, 2.45) is 5.92 Å². The molecule has 3 heterocycles. The van der Waals surface area contributed by atoms with Crippen molar-refractivity contribution in [1.29, 1.82) is 0 Å². The van der Waals surface area contributed by atoms with E-state index in [1.54, 1.807) is 6.20 Å². The number of imide groups is 1. The van der Waals surface area contributed by atoms with Crippen LogP contribution in [0, 0.1) is 5.92 Å². The topological polar surface area (TPSA) is 64.0 Å². The van der Waals surface area contributed by atoms with E-state index in [1.165, 1.54) is 0 Å². The van der Waals surface area contributed by atoms with Gasteiger partial charge in [0.15, 0.2) is 0 Å². The van der Waals surface area contributed by atoms with Crippen molar-refractivity contribution in [2.75, 3.05) is 0 Å². The summed E-state index contributed by atoms with van der Waals surface area (Å²) in [5, 5.41) is 4.52. The Morgan fingerprint density at radius 2 is 1.67 bits per heavy atom. The predicted molar refractivity (Wildman–Crippen MR) is 111 cm³/mol. The summed E-state index contributed by atoms with van der Waals surface area (Å²) < 4.78 is 1.95. The second-order valence-corrected chi connectivity index (χ2v) is 6.96. The van der Waals surface area contributed by atoms with Crippen LogP contribution in [-0.4, -0.2) is 21.4 Å². The van der Waals surface area contributed by atoms with Crippen LogP contribution in [0.25, 0.3) is 21.9 Å². The summed E-state index contributed by atoms with van der Waals surface area (Å²) in [6, 6.07) is 11.5. The highest BCUT2D eigenvalue weighted by atomic mass is 16.2. The number of pyridine rings is 1. The van der Waals surface area contributed by atoms with Gasteiger partial charge in [-0.3, -0.25) is 14.9 Å². The number of hydrogen-bond donors (Lipinski definition) is 1. The summed E-state index contributed by atoms with van der Waals surface area (Å²) in [5.41, 5.74) is 1.76. The number of fused-ring (bicyclic) bond motifs is 3. The number of hydrogen-bond acceptors (Lipinski definition) is 3. The zero-order chi connectivity index (χ0) is 20.0. The molecule has 0 bridgehead atoms. The first-order chi connectivity index (χ1) is 13.0. The predicted octanol–water partition coefficient (Wildman–Crippen LogP) is 4.86. The monoisotopic (exact) mass is 367 g/mol. The molecule has 2 aromatic heterocycles. The first-order valence-electron chi connectivity index (χ1n) is 9.66. The number of carbonyl (C=O) groups excluding carboxylic acids is 2. The maximum atomic E-state index is 12.2. The van der Waals surface area contributed by atoms with Crippen LogP contribution in [0.3, 0.4) is 0 Å². The average molecular weight is 367 g/mol. The van der Waals surface area contributed by atoms with Gasteiger partial charge in [-0.2, -0.15) is 0 Å². The van der Waals surface area contributed by atoms with Gasteiger partial charge in [-0.05, 0) is 30.5 Å². The lowest BCUT2D eigenvalue weighted by molar-refractivity contribution is -0.135. The van der Waals surface area contributed by atoms with Crippen LogP contribution in [0.2, 0.25) is 0 Å². The number of carbonyl (C=O) groups is 2. The van der Waals surface area contributed by atoms with E-state index >= 15 is 0 Å². The molecule has 27 heavy (non-hydrogen) atoms. The van der Waals surface area contributed by atoms with Gasteiger partial charge < -0.3 is 4.57 Å². The number of benzene rings is 1. The summed E-state index contributed by atoms with van der Waals surface area (Å²) in [5.74, 6) is 0.379. The van der Waals surface area contributed by atoms with E-state index < -0.39 is 0 Å². The van der Waals surface area contributed by atoms with Crippen molar-refractivity contribution < 1.29 is 9.59 Å². The fourth-order valence-electron chi connectivity index (χ4n) is 3.07. The Balaban J connectivity index is 0.000000389. The average Bonchev–Trinajstić information content (AvgIpc) is 2.98. The maximum Gasteiger partial charge on any atom is 0.249 e. The minimum Gasteiger partial charge on any atom is -0.313 e. The van der Waals surface area contributed by atoms with Crippen LogP contribution in [-0.2, 0) is 9.59 Å². The highest BCUT2D eigenvalue weighted by molar-refractivity contribution is 6.08. The molecular weight excluding hydrogens is 338 g/mol. The van der Waals surface area contributed by atoms with Crippen LogP contribution in [0.5, 0.6) is 0 Å². The smallest absolute Gasteiger partial charge is 0.249 e. The molecule has 144 valence electrons. The van der Waals surface area contributed by atoms with Gasteiger partial charge in [-0.25, -0.2) is 4.98 Å². The molecule has 1 fully saturated rings. The number of nitrogens with zero attached hydrogens (tertiary/aromatic N) is 2. The largest absolute Gasteiger partial charge is 0.313 e. The van der Waals surface area contributed by atoms with Gasteiger partial charge in [-0.15, -0.1) is 0 Å². The van der Waals surface area contributed by atoms with Crippen molar-refractivity contribution in [3.8, 4) is 0 Å². The molecule has 3 aromatic rings. The summed E-state index contributed by atoms with van der Waals surface area (Å²) in [6.45, 7) is 10.5. The lowest BCUT2D eigenvalue weighted by Crippen LogP contribution is -2.41. The number of nitrogens with one attached hydrogen (secondary N) is 1. The van der Waals surface area contributed by atoms with E-state index in [4.69, 9.17) is 0 Å². The highest BCUT2D eigenvalue weighted by Gasteiger charge is 2.30. The molecule has 1 aliphatic heterocycles. The highest BCUT2D eigenvalue weighted by Crippen LogP contribution is 2.32. The Bertz CT molecular complexity index is 872. The number of aromatic nitrogens is 2. The molecule has 1 saturated heterocycles. The molecule has 0 saturated carbocycles. The van der Waals surface area contributed by atoms with E-state index in [-0.39, 0.29) is 17.9 Å². The Morgan fingerprint density at radius 3 is 2.33 bits per heavy atom. The number of rotatable bonds is 1. The molecule has 5 heteroatoms. The molecule has 0 aliphatic carbocycles. The molecule has 2 amide bonds. The van der Waals surface area contributed by atoms with Crippen molar-refractivity contribution in [1.82, 2.24) is 14.9 Å². The van der Waals surface area contributed by atoms with E-state index in [1.807, 2.05) is 54.8 Å². The van der Waals surface area contributed by atoms with Gasteiger partial charge in [0.05, 0.1) is 5.52 Å². The van der Waals surface area contributed by atoms with Gasteiger partial charge in [0.1, 0.15) is 11.7 Å². The number of para-hydroxylation sites is 1. The first kappa shape index (κ1) is 20.6. The van der Waals surface area contributed by atoms with Gasteiger partial charge >= 0.3 is 0 Å². The van der Waals surface area contributed by atoms with Crippen LogP contribution in [0.15, 0.2) is 42.6 Å². The summed E-state index contributed by atoms with van der Waals surface area (Å²) in [7, 11) is 0. The quantitative estimate of drug-likeness (QED) is 0.625. The van der Waals surface area contributed by atoms with Gasteiger partial charge in [0.2, 0.25) is 11.8 Å². The van der Waals surface area contributed by atoms with E-state index in [0.717, 1.165) is 27.9 Å². The molecule has 1 aromatic carbocycles. The molecule has 0 spiro atoms. The molecular formula is C22H29N3O2. The Labute approximate surface area is 160 Å². The minimum absolute atomic E-state index is 0.204. The Kier molecular flexibility index (Phi) is 7.11. The van der Waals surface area contributed by atoms with Crippen LogP contribution in [0.4, 0.5) is 0 Å². The SMILES string of the molecule is CC.CC(C)C.O=C1CCC(n2c3ccccc3c3cccnc32)C(=O)N1. The third-order valence-electron chi connectivity index (χ3n) is 3.99. The second kappa shape index (κ2) is 9.31. The molecule has 1 N–H and O–H groups in total. The van der Waals surface area contributed by atoms with Crippen LogP contribution in [0.1, 0.15) is 53.5 Å². The van der Waals surface area contributed by atoms with Crippen molar-refractivity contribution in [3.05, 3.63) is 42.6 Å². The molecule has 1 atom stereocenters. The third kappa shape index (κ3) is 4.54. The third-order valence-corrected chi connectivity index (χ3v) is 3.99. The first-order valence-corrected chi connectivity index (χ1v) is 9.66. The van der Waals surface area contributed by atoms with E-state index in [0.29, 0.717) is 12.8 Å². The molecule has 1 unspecified atom stereocenters. The maximum absolute atomic E-state index is 12.2. The Hall–Kier alpha value is -2.69. The molecule has 5 nitrogen and oxygen atoms in total. The zero-order valence-corrected chi connectivity index (χ0v) is 16.8. The molecule has 1 aliphatic rings. The standard InChI is InChI=1S/C16H13N3O2.C4H10.C2H6/c20-14-8-7-13(16(21)18-14)19-12-6-2-1-4-10(12)11-5-3-9-17-15(11)19;1-4(2)3;1-2/h1-6,9,13H,7-8H2,(H,18,20,21);4H,1-3H3;1-2H3. The molecule has 4 rings (SSSR count).